The van der Waals surface area contributed by atoms with E-state index in [4.69, 9.17) is 0 Å². The molecule has 0 radical (unpaired) electrons. The van der Waals surface area contributed by atoms with Crippen LogP contribution in [0, 0.1) is 0 Å². The Bertz CT molecular complexity index is 878. The molecule has 2 aliphatic carbocycles. The molecule has 0 atom stereocenters. The average molecular weight is 407 g/mol. The van der Waals surface area contributed by atoms with Crippen LogP contribution in [0.3, 0.4) is 0 Å². The summed E-state index contributed by atoms with van der Waals surface area (Å²) >= 11 is 0. The van der Waals surface area contributed by atoms with E-state index < -0.39 is 0 Å². The summed E-state index contributed by atoms with van der Waals surface area (Å²) in [5.74, 6) is 0. The molecule has 2 aromatic carbocycles. The molecule has 0 amide bonds. The summed E-state index contributed by atoms with van der Waals surface area (Å²) in [4.78, 5) is 0. The maximum Gasteiger partial charge on any atom is -0.00689 e. The monoisotopic (exact) mass is 406 g/mol. The van der Waals surface area contributed by atoms with Gasteiger partial charge in [-0.3, -0.25) is 0 Å². The Morgan fingerprint density at radius 1 is 0.621 bits per heavy atom. The quantitative estimate of drug-likeness (QED) is 0.446. The van der Waals surface area contributed by atoms with Gasteiger partial charge in [-0.25, -0.2) is 0 Å². The van der Waals surface area contributed by atoms with Gasteiger partial charge in [0.1, 0.15) is 0 Å². The van der Waals surface area contributed by atoms with Crippen molar-refractivity contribution in [3.63, 3.8) is 0 Å². The molecule has 2 aromatic rings. The Kier molecular flexibility index (Phi) is 5.71. The molecule has 0 spiro atoms. The van der Waals surface area contributed by atoms with Crippen molar-refractivity contribution in [3.05, 3.63) is 52.6 Å². The van der Waals surface area contributed by atoms with Crippen LogP contribution in [0.5, 0.6) is 0 Å². The Morgan fingerprint density at radius 3 is 1.79 bits per heavy atom. The average Bonchev–Trinajstić information content (AvgIpc) is 2.65. The number of hydrogen-bond acceptors (Lipinski definition) is 0. The SMILES string of the molecule is CC(C)(C)P(c1ccc2c(c1-c1cccc3c1CCCC3)CCCC2)C(C)(C)C. The highest BCUT2D eigenvalue weighted by atomic mass is 31.1. The zero-order valence-electron chi connectivity index (χ0n) is 19.5. The predicted molar refractivity (Wildman–Crippen MR) is 131 cm³/mol. The normalized spacial score (nSPS) is 17.2. The highest BCUT2D eigenvalue weighted by Gasteiger charge is 2.38. The van der Waals surface area contributed by atoms with E-state index in [0.717, 1.165) is 0 Å². The Morgan fingerprint density at radius 2 is 1.17 bits per heavy atom. The van der Waals surface area contributed by atoms with E-state index in [1.807, 2.05) is 0 Å². The molecule has 0 nitrogen and oxygen atoms in total. The summed E-state index contributed by atoms with van der Waals surface area (Å²) in [7, 11) is -0.311. The van der Waals surface area contributed by atoms with Gasteiger partial charge < -0.3 is 0 Å². The fourth-order valence-corrected chi connectivity index (χ4v) is 10.2. The van der Waals surface area contributed by atoms with Gasteiger partial charge in [0, 0.05) is 0 Å². The summed E-state index contributed by atoms with van der Waals surface area (Å²) in [5.41, 5.74) is 9.82. The predicted octanol–water partition coefficient (Wildman–Crippen LogP) is 7.82. The van der Waals surface area contributed by atoms with E-state index in [2.05, 4.69) is 71.9 Å². The van der Waals surface area contributed by atoms with Crippen molar-refractivity contribution >= 4 is 13.2 Å². The van der Waals surface area contributed by atoms with Gasteiger partial charge >= 0.3 is 0 Å². The van der Waals surface area contributed by atoms with Crippen LogP contribution < -0.4 is 5.30 Å². The molecule has 0 aliphatic heterocycles. The number of fused-ring (bicyclic) bond motifs is 2. The third kappa shape index (κ3) is 4.07. The number of aryl methyl sites for hydroxylation is 2. The first-order valence-electron chi connectivity index (χ1n) is 11.7. The van der Waals surface area contributed by atoms with Crippen molar-refractivity contribution in [2.75, 3.05) is 0 Å². The molecule has 0 fully saturated rings. The molecule has 0 unspecified atom stereocenters. The molecular weight excluding hydrogens is 367 g/mol. The molecule has 4 rings (SSSR count). The van der Waals surface area contributed by atoms with Crippen LogP contribution >= 0.6 is 7.92 Å². The van der Waals surface area contributed by atoms with Crippen molar-refractivity contribution < 1.29 is 0 Å². The smallest absolute Gasteiger partial charge is 0.00689 e. The van der Waals surface area contributed by atoms with Gasteiger partial charge in [0.05, 0.1) is 0 Å². The zero-order valence-corrected chi connectivity index (χ0v) is 20.4. The van der Waals surface area contributed by atoms with Crippen LogP contribution in [0.25, 0.3) is 11.1 Å². The lowest BCUT2D eigenvalue weighted by Gasteiger charge is -2.43. The second-order valence-corrected chi connectivity index (χ2v) is 15.0. The summed E-state index contributed by atoms with van der Waals surface area (Å²) in [6.07, 6.45) is 10.5. The largest absolute Gasteiger partial charge is 0.0636 e. The van der Waals surface area contributed by atoms with E-state index in [0.29, 0.717) is 10.3 Å². The van der Waals surface area contributed by atoms with Crippen LogP contribution in [-0.4, -0.2) is 10.3 Å². The molecule has 156 valence electrons. The Balaban J connectivity index is 2.02. The second-order valence-electron chi connectivity index (χ2n) is 11.1. The summed E-state index contributed by atoms with van der Waals surface area (Å²) < 4.78 is 0. The third-order valence-electron chi connectivity index (χ3n) is 6.76. The minimum Gasteiger partial charge on any atom is -0.0636 e. The third-order valence-corrected chi connectivity index (χ3v) is 10.3. The zero-order chi connectivity index (χ0) is 20.8. The van der Waals surface area contributed by atoms with E-state index >= 15 is 0 Å². The van der Waals surface area contributed by atoms with E-state index in [1.54, 1.807) is 38.7 Å². The van der Waals surface area contributed by atoms with E-state index in [-0.39, 0.29) is 7.92 Å². The topological polar surface area (TPSA) is 0 Å². The molecule has 0 heterocycles. The molecule has 0 bridgehead atoms. The van der Waals surface area contributed by atoms with Crippen LogP contribution in [0.1, 0.15) is 89.5 Å². The summed E-state index contributed by atoms with van der Waals surface area (Å²) in [5, 5.41) is 2.25. The number of hydrogen-bond donors (Lipinski definition) is 0. The van der Waals surface area contributed by atoms with Gasteiger partial charge in [-0.1, -0.05) is 79.8 Å². The molecule has 29 heavy (non-hydrogen) atoms. The fourth-order valence-electron chi connectivity index (χ4n) is 6.05. The van der Waals surface area contributed by atoms with Gasteiger partial charge in [0.25, 0.3) is 0 Å². The van der Waals surface area contributed by atoms with Crippen LogP contribution in [0.2, 0.25) is 0 Å². The van der Waals surface area contributed by atoms with Crippen LogP contribution in [0.15, 0.2) is 30.3 Å². The van der Waals surface area contributed by atoms with Crippen molar-refractivity contribution in [2.45, 2.75) is 103 Å². The van der Waals surface area contributed by atoms with Gasteiger partial charge in [0.15, 0.2) is 0 Å². The highest BCUT2D eigenvalue weighted by Crippen LogP contribution is 2.60. The second kappa shape index (κ2) is 7.85. The summed E-state index contributed by atoms with van der Waals surface area (Å²) in [6.45, 7) is 14.8. The van der Waals surface area contributed by atoms with E-state index in [1.165, 1.54) is 51.4 Å². The maximum atomic E-state index is 2.55. The van der Waals surface area contributed by atoms with Crippen LogP contribution in [0.4, 0.5) is 0 Å². The maximum absolute atomic E-state index is 2.55. The molecule has 0 saturated heterocycles. The molecule has 1 heteroatoms. The lowest BCUT2D eigenvalue weighted by molar-refractivity contribution is 0.681. The standard InChI is InChI=1S/C28H39P/c1-27(2,3)29(28(4,5)6)25-19-18-21-13-8-10-16-23(21)26(25)24-17-11-14-20-12-7-9-15-22(20)24/h11,14,17-19H,7-10,12-13,15-16H2,1-6H3. The Labute approximate surface area is 180 Å². The molecular formula is C28H39P. The first-order valence-corrected chi connectivity index (χ1v) is 13.1. The lowest BCUT2D eigenvalue weighted by Crippen LogP contribution is -2.33. The first kappa shape index (κ1) is 21.1. The van der Waals surface area contributed by atoms with Crippen molar-refractivity contribution in [2.24, 2.45) is 0 Å². The van der Waals surface area contributed by atoms with Crippen molar-refractivity contribution in [1.82, 2.24) is 0 Å². The van der Waals surface area contributed by atoms with Gasteiger partial charge in [-0.2, -0.15) is 0 Å². The minimum atomic E-state index is -0.311. The summed E-state index contributed by atoms with van der Waals surface area (Å²) in [6, 6.07) is 12.2. The van der Waals surface area contributed by atoms with Gasteiger partial charge in [-0.05, 0) is 100 Å². The minimum absolute atomic E-state index is 0.292. The first-order chi connectivity index (χ1) is 13.7. The van der Waals surface area contributed by atoms with Crippen LogP contribution in [-0.2, 0) is 25.7 Å². The fraction of sp³-hybridized carbons (Fsp3) is 0.571. The van der Waals surface area contributed by atoms with Crippen molar-refractivity contribution in [3.8, 4) is 11.1 Å². The number of rotatable bonds is 2. The van der Waals surface area contributed by atoms with Crippen molar-refractivity contribution in [1.29, 1.82) is 0 Å². The van der Waals surface area contributed by atoms with E-state index in [9.17, 15) is 0 Å². The Hall–Kier alpha value is -1.13. The number of benzene rings is 2. The molecule has 0 saturated carbocycles. The highest BCUT2D eigenvalue weighted by molar-refractivity contribution is 7.68. The molecule has 2 aliphatic rings. The van der Waals surface area contributed by atoms with Gasteiger partial charge in [-0.15, -0.1) is 0 Å². The van der Waals surface area contributed by atoms with Gasteiger partial charge in [0.2, 0.25) is 0 Å². The lowest BCUT2D eigenvalue weighted by atomic mass is 9.81. The molecule has 0 N–H and O–H groups in total. The molecule has 0 aromatic heterocycles.